The third kappa shape index (κ3) is 5.66. The van der Waals surface area contributed by atoms with E-state index >= 15 is 0 Å². The summed E-state index contributed by atoms with van der Waals surface area (Å²) >= 11 is 0. The van der Waals surface area contributed by atoms with Crippen molar-refractivity contribution in [3.05, 3.63) is 12.2 Å². The van der Waals surface area contributed by atoms with Crippen LogP contribution in [0.4, 0.5) is 13.2 Å². The van der Waals surface area contributed by atoms with Crippen LogP contribution in [0.15, 0.2) is 12.2 Å². The standard InChI is InChI=1S/C7H11F3/c1-6(5-8)3-2-4-7(9)10/h4,6H,2-3,5H2,1H3. The van der Waals surface area contributed by atoms with Crippen LogP contribution in [-0.2, 0) is 0 Å². The van der Waals surface area contributed by atoms with Crippen LogP contribution in [0.1, 0.15) is 19.8 Å². The molecular weight excluding hydrogens is 141 g/mol. The topological polar surface area (TPSA) is 0 Å². The average molecular weight is 152 g/mol. The molecular formula is C7H11F3. The summed E-state index contributed by atoms with van der Waals surface area (Å²) in [6.45, 7) is 1.27. The van der Waals surface area contributed by atoms with E-state index in [9.17, 15) is 13.2 Å². The molecule has 0 aliphatic carbocycles. The zero-order valence-electron chi connectivity index (χ0n) is 5.91. The minimum atomic E-state index is -1.67. The van der Waals surface area contributed by atoms with Crippen molar-refractivity contribution in [3.8, 4) is 0 Å². The maximum absolute atomic E-state index is 11.7. The maximum Gasteiger partial charge on any atom is 0.266 e. The number of hydrogen-bond acceptors (Lipinski definition) is 0. The lowest BCUT2D eigenvalue weighted by Gasteiger charge is -2.01. The van der Waals surface area contributed by atoms with Crippen molar-refractivity contribution < 1.29 is 13.2 Å². The molecule has 0 fully saturated rings. The predicted molar refractivity (Wildman–Crippen MR) is 34.7 cm³/mol. The van der Waals surface area contributed by atoms with Gasteiger partial charge in [0.25, 0.3) is 6.08 Å². The molecule has 0 radical (unpaired) electrons. The van der Waals surface area contributed by atoms with Gasteiger partial charge in [-0.2, -0.15) is 8.78 Å². The minimum Gasteiger partial charge on any atom is -0.251 e. The van der Waals surface area contributed by atoms with Crippen LogP contribution < -0.4 is 0 Å². The summed E-state index contributed by atoms with van der Waals surface area (Å²) in [6, 6.07) is 0. The Bertz CT molecular complexity index is 105. The van der Waals surface area contributed by atoms with Gasteiger partial charge in [-0.1, -0.05) is 6.92 Å². The zero-order chi connectivity index (χ0) is 7.98. The summed E-state index contributed by atoms with van der Waals surface area (Å²) in [4.78, 5) is 0. The largest absolute Gasteiger partial charge is 0.266 e. The van der Waals surface area contributed by atoms with Gasteiger partial charge in [0, 0.05) is 0 Å². The minimum absolute atomic E-state index is 0.101. The fourth-order valence-electron chi connectivity index (χ4n) is 0.554. The van der Waals surface area contributed by atoms with Crippen LogP contribution in [0.25, 0.3) is 0 Å². The molecule has 0 saturated heterocycles. The van der Waals surface area contributed by atoms with E-state index in [1.165, 1.54) is 0 Å². The van der Waals surface area contributed by atoms with E-state index in [4.69, 9.17) is 0 Å². The van der Waals surface area contributed by atoms with Crippen LogP contribution in [0, 0.1) is 5.92 Å². The lowest BCUT2D eigenvalue weighted by atomic mass is 10.1. The molecule has 0 aromatic heterocycles. The van der Waals surface area contributed by atoms with Crippen molar-refractivity contribution in [1.82, 2.24) is 0 Å². The first-order chi connectivity index (χ1) is 4.66. The molecule has 0 spiro atoms. The summed E-state index contributed by atoms with van der Waals surface area (Å²) in [7, 11) is 0. The summed E-state index contributed by atoms with van der Waals surface area (Å²) in [5.41, 5.74) is 0. The van der Waals surface area contributed by atoms with Gasteiger partial charge in [0.15, 0.2) is 0 Å². The van der Waals surface area contributed by atoms with E-state index in [1.807, 2.05) is 0 Å². The van der Waals surface area contributed by atoms with E-state index in [-0.39, 0.29) is 12.3 Å². The Hall–Kier alpha value is -0.470. The van der Waals surface area contributed by atoms with Crippen LogP contribution in [0.5, 0.6) is 0 Å². The van der Waals surface area contributed by atoms with Crippen molar-refractivity contribution in [1.29, 1.82) is 0 Å². The summed E-state index contributed by atoms with van der Waals surface area (Å²) < 4.78 is 34.4. The molecule has 0 amide bonds. The van der Waals surface area contributed by atoms with Gasteiger partial charge in [-0.3, -0.25) is 4.39 Å². The number of rotatable bonds is 4. The van der Waals surface area contributed by atoms with Gasteiger partial charge in [0.1, 0.15) is 0 Å². The molecule has 1 unspecified atom stereocenters. The number of hydrogen-bond donors (Lipinski definition) is 0. The molecule has 3 heteroatoms. The van der Waals surface area contributed by atoms with Crippen molar-refractivity contribution in [2.45, 2.75) is 19.8 Å². The molecule has 0 saturated carbocycles. The van der Waals surface area contributed by atoms with Crippen LogP contribution >= 0.6 is 0 Å². The van der Waals surface area contributed by atoms with Crippen molar-refractivity contribution >= 4 is 0 Å². The molecule has 0 aromatic carbocycles. The third-order valence-electron chi connectivity index (χ3n) is 1.22. The zero-order valence-corrected chi connectivity index (χ0v) is 5.91. The van der Waals surface area contributed by atoms with E-state index in [0.29, 0.717) is 6.42 Å². The monoisotopic (exact) mass is 152 g/mol. The Labute approximate surface area is 58.7 Å². The van der Waals surface area contributed by atoms with Gasteiger partial charge in [0.05, 0.1) is 6.67 Å². The summed E-state index contributed by atoms with van der Waals surface area (Å²) in [5, 5.41) is 0. The molecule has 10 heavy (non-hydrogen) atoms. The lowest BCUT2D eigenvalue weighted by Crippen LogP contribution is -1.94. The Balaban J connectivity index is 3.28. The Kier molecular flexibility index (Phi) is 5.08. The average Bonchev–Trinajstić information content (AvgIpc) is 1.87. The van der Waals surface area contributed by atoms with Gasteiger partial charge in [-0.05, 0) is 24.8 Å². The predicted octanol–water partition coefficient (Wildman–Crippen LogP) is 3.15. The number of alkyl halides is 1. The summed E-state index contributed by atoms with van der Waals surface area (Å²) in [5.74, 6) is -0.101. The van der Waals surface area contributed by atoms with Gasteiger partial charge < -0.3 is 0 Å². The fraction of sp³-hybridized carbons (Fsp3) is 0.714. The van der Waals surface area contributed by atoms with E-state index in [1.54, 1.807) is 6.92 Å². The lowest BCUT2D eigenvalue weighted by molar-refractivity contribution is 0.363. The molecule has 60 valence electrons. The molecule has 0 bridgehead atoms. The normalized spacial score (nSPS) is 12.8. The Morgan fingerprint density at radius 2 is 2.10 bits per heavy atom. The molecule has 1 atom stereocenters. The molecule has 0 nitrogen and oxygen atoms in total. The number of halogens is 3. The second-order valence-corrected chi connectivity index (χ2v) is 2.33. The van der Waals surface area contributed by atoms with Gasteiger partial charge in [-0.25, -0.2) is 0 Å². The fourth-order valence-corrected chi connectivity index (χ4v) is 0.554. The highest BCUT2D eigenvalue weighted by atomic mass is 19.3. The maximum atomic E-state index is 11.7. The first kappa shape index (κ1) is 9.53. The van der Waals surface area contributed by atoms with Gasteiger partial charge >= 0.3 is 0 Å². The van der Waals surface area contributed by atoms with Crippen molar-refractivity contribution in [2.75, 3.05) is 6.67 Å². The third-order valence-corrected chi connectivity index (χ3v) is 1.22. The van der Waals surface area contributed by atoms with Crippen LogP contribution in [0.3, 0.4) is 0 Å². The van der Waals surface area contributed by atoms with Crippen LogP contribution in [0.2, 0.25) is 0 Å². The van der Waals surface area contributed by atoms with Crippen molar-refractivity contribution in [3.63, 3.8) is 0 Å². The Morgan fingerprint density at radius 1 is 1.50 bits per heavy atom. The molecule has 0 rings (SSSR count). The van der Waals surface area contributed by atoms with Gasteiger partial charge in [-0.15, -0.1) is 0 Å². The quantitative estimate of drug-likeness (QED) is 0.580. The SMILES string of the molecule is CC(CF)CCC=C(F)F. The van der Waals surface area contributed by atoms with E-state index in [0.717, 1.165) is 6.08 Å². The van der Waals surface area contributed by atoms with Crippen molar-refractivity contribution in [2.24, 2.45) is 5.92 Å². The summed E-state index contributed by atoms with van der Waals surface area (Å²) in [6.07, 6.45) is -0.0843. The Morgan fingerprint density at radius 3 is 2.50 bits per heavy atom. The molecule has 0 aliphatic rings. The number of allylic oxidation sites excluding steroid dienone is 1. The van der Waals surface area contributed by atoms with E-state index in [2.05, 4.69) is 0 Å². The molecule has 0 aromatic rings. The highest BCUT2D eigenvalue weighted by Crippen LogP contribution is 2.08. The highest BCUT2D eigenvalue weighted by Gasteiger charge is 1.98. The molecule has 0 heterocycles. The van der Waals surface area contributed by atoms with E-state index < -0.39 is 12.8 Å². The first-order valence-electron chi connectivity index (χ1n) is 3.24. The highest BCUT2D eigenvalue weighted by molar-refractivity contribution is 4.80. The second-order valence-electron chi connectivity index (χ2n) is 2.33. The smallest absolute Gasteiger partial charge is 0.251 e. The van der Waals surface area contributed by atoms with Gasteiger partial charge in [0.2, 0.25) is 0 Å². The second kappa shape index (κ2) is 5.33. The first-order valence-corrected chi connectivity index (χ1v) is 3.24. The molecule has 0 aliphatic heterocycles. The van der Waals surface area contributed by atoms with Crippen LogP contribution in [-0.4, -0.2) is 6.67 Å². The molecule has 0 N–H and O–H groups in total.